The summed E-state index contributed by atoms with van der Waals surface area (Å²) >= 11 is 0. The number of amides is 1. The quantitative estimate of drug-likeness (QED) is 0.432. The summed E-state index contributed by atoms with van der Waals surface area (Å²) in [6.07, 6.45) is 3.14. The average molecular weight is 430 g/mol. The van der Waals surface area contributed by atoms with E-state index in [4.69, 9.17) is 5.10 Å². The Morgan fingerprint density at radius 1 is 0.848 bits per heavy atom. The van der Waals surface area contributed by atoms with E-state index in [1.54, 1.807) is 15.6 Å². The molecule has 0 saturated carbocycles. The molecular formula is C26H18N6O. The highest BCUT2D eigenvalue weighted by molar-refractivity contribution is 6.08. The summed E-state index contributed by atoms with van der Waals surface area (Å²) in [4.78, 5) is 13.5. The molecule has 0 unspecified atom stereocenters. The van der Waals surface area contributed by atoms with Gasteiger partial charge >= 0.3 is 0 Å². The van der Waals surface area contributed by atoms with Crippen LogP contribution in [0.3, 0.4) is 0 Å². The molecule has 2 heterocycles. The molecule has 7 nitrogen and oxygen atoms in total. The largest absolute Gasteiger partial charge is 0.305 e. The number of para-hydroxylation sites is 2. The van der Waals surface area contributed by atoms with Crippen LogP contribution in [-0.4, -0.2) is 25.5 Å². The molecule has 0 aliphatic rings. The molecular weight excluding hydrogens is 412 g/mol. The van der Waals surface area contributed by atoms with Crippen molar-refractivity contribution in [2.75, 3.05) is 5.32 Å². The van der Waals surface area contributed by atoms with Crippen LogP contribution >= 0.6 is 0 Å². The Morgan fingerprint density at radius 3 is 2.09 bits per heavy atom. The molecule has 0 fully saturated rings. The van der Waals surface area contributed by atoms with Gasteiger partial charge in [0.1, 0.15) is 17.3 Å². The zero-order chi connectivity index (χ0) is 22.6. The lowest BCUT2D eigenvalue weighted by atomic mass is 10.1. The zero-order valence-electron chi connectivity index (χ0n) is 17.5. The SMILES string of the molecule is N#Cc1cnn(-c2ccccc2)c1NC(=O)c1cn(-c2ccccc2)nc1-c1ccccc1. The second kappa shape index (κ2) is 8.65. The summed E-state index contributed by atoms with van der Waals surface area (Å²) in [5.74, 6) is -0.0783. The summed E-state index contributed by atoms with van der Waals surface area (Å²) in [6.45, 7) is 0. The number of carbonyl (C=O) groups is 1. The van der Waals surface area contributed by atoms with Crippen molar-refractivity contribution in [2.45, 2.75) is 0 Å². The lowest BCUT2D eigenvalue weighted by molar-refractivity contribution is 0.102. The van der Waals surface area contributed by atoms with Gasteiger partial charge in [0.05, 0.1) is 23.1 Å². The van der Waals surface area contributed by atoms with E-state index in [1.807, 2.05) is 91.0 Å². The summed E-state index contributed by atoms with van der Waals surface area (Å²) in [7, 11) is 0. The zero-order valence-corrected chi connectivity index (χ0v) is 17.5. The summed E-state index contributed by atoms with van der Waals surface area (Å²) in [6, 6.07) is 30.5. The summed E-state index contributed by atoms with van der Waals surface area (Å²) in [5, 5.41) is 21.5. The monoisotopic (exact) mass is 430 g/mol. The van der Waals surface area contributed by atoms with Crippen molar-refractivity contribution < 1.29 is 4.79 Å². The Bertz CT molecular complexity index is 1450. The second-order valence-electron chi connectivity index (χ2n) is 7.26. The van der Waals surface area contributed by atoms with Crippen molar-refractivity contribution in [1.29, 1.82) is 5.26 Å². The minimum Gasteiger partial charge on any atom is -0.305 e. The molecule has 3 aromatic carbocycles. The Hall–Kier alpha value is -4.96. The van der Waals surface area contributed by atoms with Gasteiger partial charge < -0.3 is 5.32 Å². The molecule has 5 rings (SSSR count). The Morgan fingerprint density at radius 2 is 1.45 bits per heavy atom. The molecule has 0 aliphatic heterocycles. The van der Waals surface area contributed by atoms with Gasteiger partial charge in [-0.1, -0.05) is 66.7 Å². The first kappa shape index (κ1) is 20.0. The van der Waals surface area contributed by atoms with Crippen LogP contribution in [0.15, 0.2) is 103 Å². The molecule has 7 heteroatoms. The van der Waals surface area contributed by atoms with Gasteiger partial charge in [0.25, 0.3) is 5.91 Å². The van der Waals surface area contributed by atoms with Crippen LogP contribution in [-0.2, 0) is 0 Å². The fraction of sp³-hybridized carbons (Fsp3) is 0. The average Bonchev–Trinajstić information content (AvgIpc) is 3.50. The van der Waals surface area contributed by atoms with E-state index in [2.05, 4.69) is 16.5 Å². The van der Waals surface area contributed by atoms with Crippen LogP contribution < -0.4 is 5.32 Å². The summed E-state index contributed by atoms with van der Waals surface area (Å²) in [5.41, 5.74) is 3.58. The van der Waals surface area contributed by atoms with Crippen LogP contribution in [0.2, 0.25) is 0 Å². The Kier molecular flexibility index (Phi) is 5.23. The molecule has 2 aromatic heterocycles. The predicted octanol–water partition coefficient (Wildman–Crippen LogP) is 4.85. The van der Waals surface area contributed by atoms with E-state index in [-0.39, 0.29) is 11.5 Å². The van der Waals surface area contributed by atoms with Gasteiger partial charge in [-0.3, -0.25) is 4.79 Å². The van der Waals surface area contributed by atoms with Crippen molar-refractivity contribution in [3.05, 3.63) is 115 Å². The lowest BCUT2D eigenvalue weighted by Crippen LogP contribution is -2.16. The number of aromatic nitrogens is 4. The molecule has 0 bridgehead atoms. The number of nitriles is 1. The number of anilines is 1. The molecule has 0 spiro atoms. The Balaban J connectivity index is 1.58. The third-order valence-corrected chi connectivity index (χ3v) is 5.15. The van der Waals surface area contributed by atoms with E-state index < -0.39 is 0 Å². The fourth-order valence-electron chi connectivity index (χ4n) is 3.55. The summed E-state index contributed by atoms with van der Waals surface area (Å²) < 4.78 is 3.22. The highest BCUT2D eigenvalue weighted by Gasteiger charge is 2.22. The van der Waals surface area contributed by atoms with Gasteiger partial charge in [-0.05, 0) is 24.3 Å². The van der Waals surface area contributed by atoms with E-state index in [1.165, 1.54) is 6.20 Å². The molecule has 0 saturated heterocycles. The number of rotatable bonds is 5. The maximum atomic E-state index is 13.5. The van der Waals surface area contributed by atoms with Crippen molar-refractivity contribution in [3.8, 4) is 28.7 Å². The van der Waals surface area contributed by atoms with Crippen LogP contribution in [0.4, 0.5) is 5.82 Å². The topological polar surface area (TPSA) is 88.5 Å². The smallest absolute Gasteiger partial charge is 0.260 e. The maximum Gasteiger partial charge on any atom is 0.260 e. The highest BCUT2D eigenvalue weighted by Crippen LogP contribution is 2.26. The fourth-order valence-corrected chi connectivity index (χ4v) is 3.55. The first-order chi connectivity index (χ1) is 16.2. The highest BCUT2D eigenvalue weighted by atomic mass is 16.1. The molecule has 0 radical (unpaired) electrons. The van der Waals surface area contributed by atoms with Crippen LogP contribution in [0.5, 0.6) is 0 Å². The third-order valence-electron chi connectivity index (χ3n) is 5.15. The molecule has 1 N–H and O–H groups in total. The molecule has 33 heavy (non-hydrogen) atoms. The van der Waals surface area contributed by atoms with Crippen LogP contribution in [0.1, 0.15) is 15.9 Å². The Labute approximate surface area is 190 Å². The van der Waals surface area contributed by atoms with Gasteiger partial charge in [0.2, 0.25) is 0 Å². The third kappa shape index (κ3) is 3.89. The van der Waals surface area contributed by atoms with Gasteiger partial charge in [0.15, 0.2) is 5.82 Å². The number of benzene rings is 3. The van der Waals surface area contributed by atoms with Crippen LogP contribution in [0.25, 0.3) is 22.6 Å². The first-order valence-corrected chi connectivity index (χ1v) is 10.3. The maximum absolute atomic E-state index is 13.5. The van der Waals surface area contributed by atoms with Crippen molar-refractivity contribution in [3.63, 3.8) is 0 Å². The predicted molar refractivity (Wildman–Crippen MR) is 125 cm³/mol. The number of hydrogen-bond acceptors (Lipinski definition) is 4. The van der Waals surface area contributed by atoms with E-state index in [9.17, 15) is 10.1 Å². The van der Waals surface area contributed by atoms with E-state index in [0.717, 1.165) is 16.9 Å². The molecule has 0 atom stereocenters. The number of carbonyl (C=O) groups excluding carboxylic acids is 1. The van der Waals surface area contributed by atoms with Crippen LogP contribution in [0, 0.1) is 11.3 Å². The van der Waals surface area contributed by atoms with Gasteiger partial charge in [-0.25, -0.2) is 9.36 Å². The standard InChI is InChI=1S/C26H18N6O/c27-16-20-17-28-32(22-14-8-3-9-15-22)25(20)29-26(33)23-18-31(21-12-6-2-7-13-21)30-24(23)19-10-4-1-5-11-19/h1-15,17-18H,(H,29,33). The van der Waals surface area contributed by atoms with Crippen molar-refractivity contribution in [2.24, 2.45) is 0 Å². The molecule has 5 aromatic rings. The number of hydrogen-bond donors (Lipinski definition) is 1. The van der Waals surface area contributed by atoms with Gasteiger partial charge in [-0.15, -0.1) is 0 Å². The molecule has 158 valence electrons. The lowest BCUT2D eigenvalue weighted by Gasteiger charge is -2.09. The van der Waals surface area contributed by atoms with E-state index >= 15 is 0 Å². The van der Waals surface area contributed by atoms with Crippen molar-refractivity contribution >= 4 is 11.7 Å². The van der Waals surface area contributed by atoms with Crippen molar-refractivity contribution in [1.82, 2.24) is 19.6 Å². The normalized spacial score (nSPS) is 10.5. The first-order valence-electron chi connectivity index (χ1n) is 10.3. The minimum atomic E-state index is -0.384. The molecule has 0 aliphatic carbocycles. The minimum absolute atomic E-state index is 0.268. The second-order valence-corrected chi connectivity index (χ2v) is 7.26. The number of nitrogens with one attached hydrogen (secondary N) is 1. The van der Waals surface area contributed by atoms with E-state index in [0.29, 0.717) is 17.1 Å². The van der Waals surface area contributed by atoms with Gasteiger partial charge in [0, 0.05) is 11.8 Å². The molecule has 1 amide bonds. The number of nitrogens with zero attached hydrogens (tertiary/aromatic N) is 5. The van der Waals surface area contributed by atoms with Gasteiger partial charge in [-0.2, -0.15) is 15.5 Å².